The molecule has 19 heavy (non-hydrogen) atoms. The Kier molecular flexibility index (Phi) is 6.53. The minimum atomic E-state index is 0.0528. The first kappa shape index (κ1) is 15.7. The van der Waals surface area contributed by atoms with Crippen LogP contribution in [-0.4, -0.2) is 39.8 Å². The van der Waals surface area contributed by atoms with E-state index in [1.54, 1.807) is 19.1 Å². The Morgan fingerprint density at radius 2 is 2.16 bits per heavy atom. The van der Waals surface area contributed by atoms with E-state index in [1.165, 1.54) is 5.56 Å². The fourth-order valence-corrected chi connectivity index (χ4v) is 1.72. The van der Waals surface area contributed by atoms with Gasteiger partial charge in [-0.1, -0.05) is 26.0 Å². The Balaban J connectivity index is 2.58. The van der Waals surface area contributed by atoms with E-state index in [-0.39, 0.29) is 5.91 Å². The molecule has 0 bridgehead atoms. The molecule has 4 heteroatoms. The Hall–Kier alpha value is -1.39. The topological polar surface area (TPSA) is 41.6 Å². The lowest BCUT2D eigenvalue weighted by molar-refractivity contribution is -0.117. The zero-order valence-electron chi connectivity index (χ0n) is 12.3. The van der Waals surface area contributed by atoms with Crippen LogP contribution < -0.4 is 10.2 Å². The van der Waals surface area contributed by atoms with Crippen molar-refractivity contribution in [2.45, 2.75) is 19.8 Å². The lowest BCUT2D eigenvalue weighted by atomic mass is 10.0. The summed E-state index contributed by atoms with van der Waals surface area (Å²) in [4.78, 5) is 13.7. The maximum atomic E-state index is 12.0. The first-order valence-corrected chi connectivity index (χ1v) is 6.62. The maximum Gasteiger partial charge on any atom is 0.240 e. The van der Waals surface area contributed by atoms with Gasteiger partial charge in [-0.3, -0.25) is 4.79 Å². The van der Waals surface area contributed by atoms with E-state index >= 15 is 0 Å². The molecule has 0 heterocycles. The molecular weight excluding hydrogens is 240 g/mol. The van der Waals surface area contributed by atoms with Crippen molar-refractivity contribution in [2.24, 2.45) is 0 Å². The second-order valence-electron chi connectivity index (χ2n) is 4.87. The summed E-state index contributed by atoms with van der Waals surface area (Å²) in [5.74, 6) is 0.514. The van der Waals surface area contributed by atoms with Gasteiger partial charge in [-0.05, 0) is 23.6 Å². The highest BCUT2D eigenvalue weighted by atomic mass is 16.5. The number of nitrogens with zero attached hydrogens (tertiary/aromatic N) is 1. The summed E-state index contributed by atoms with van der Waals surface area (Å²) < 4.78 is 4.92. The fraction of sp³-hybridized carbons (Fsp3) is 0.533. The van der Waals surface area contributed by atoms with Crippen LogP contribution in [0.5, 0.6) is 0 Å². The number of rotatable bonds is 7. The van der Waals surface area contributed by atoms with Crippen molar-refractivity contribution >= 4 is 11.6 Å². The number of hydrogen-bond donors (Lipinski definition) is 1. The minimum Gasteiger partial charge on any atom is -0.383 e. The predicted octanol–water partition coefficient (Wildman–Crippen LogP) is 2.01. The number of carbonyl (C=O) groups is 1. The third-order valence-electron chi connectivity index (χ3n) is 3.06. The molecule has 0 saturated carbocycles. The number of ether oxygens (including phenoxy) is 1. The molecule has 0 unspecified atom stereocenters. The van der Waals surface area contributed by atoms with Crippen LogP contribution in [0.4, 0.5) is 5.69 Å². The molecule has 0 fully saturated rings. The van der Waals surface area contributed by atoms with E-state index in [1.807, 2.05) is 12.1 Å². The summed E-state index contributed by atoms with van der Waals surface area (Å²) >= 11 is 0. The SMILES string of the molecule is COCCNCC(=O)N(C)c1cccc(C(C)C)c1. The van der Waals surface area contributed by atoms with Gasteiger partial charge >= 0.3 is 0 Å². The monoisotopic (exact) mass is 264 g/mol. The summed E-state index contributed by atoms with van der Waals surface area (Å²) in [6, 6.07) is 8.10. The van der Waals surface area contributed by atoms with Crippen molar-refractivity contribution in [3.63, 3.8) is 0 Å². The first-order chi connectivity index (χ1) is 9.06. The van der Waals surface area contributed by atoms with Crippen LogP contribution in [0.2, 0.25) is 0 Å². The first-order valence-electron chi connectivity index (χ1n) is 6.62. The van der Waals surface area contributed by atoms with Gasteiger partial charge in [0.25, 0.3) is 0 Å². The lowest BCUT2D eigenvalue weighted by Gasteiger charge is -2.19. The number of hydrogen-bond acceptors (Lipinski definition) is 3. The quantitative estimate of drug-likeness (QED) is 0.766. The van der Waals surface area contributed by atoms with Crippen LogP contribution in [0.15, 0.2) is 24.3 Å². The Morgan fingerprint density at radius 1 is 1.42 bits per heavy atom. The van der Waals surface area contributed by atoms with Gasteiger partial charge < -0.3 is 15.0 Å². The van der Waals surface area contributed by atoms with Gasteiger partial charge in [0.05, 0.1) is 13.2 Å². The zero-order valence-corrected chi connectivity index (χ0v) is 12.3. The number of anilines is 1. The summed E-state index contributed by atoms with van der Waals surface area (Å²) in [6.45, 7) is 5.91. The molecule has 1 N–H and O–H groups in total. The van der Waals surface area contributed by atoms with Crippen LogP contribution in [0.3, 0.4) is 0 Å². The minimum absolute atomic E-state index is 0.0528. The van der Waals surface area contributed by atoms with Crippen molar-refractivity contribution in [1.29, 1.82) is 0 Å². The van der Waals surface area contributed by atoms with Crippen LogP contribution in [-0.2, 0) is 9.53 Å². The van der Waals surface area contributed by atoms with E-state index in [4.69, 9.17) is 4.74 Å². The largest absolute Gasteiger partial charge is 0.383 e. The highest BCUT2D eigenvalue weighted by molar-refractivity contribution is 5.94. The maximum absolute atomic E-state index is 12.0. The molecule has 0 aromatic heterocycles. The van der Waals surface area contributed by atoms with E-state index in [0.29, 0.717) is 25.6 Å². The third kappa shape index (κ3) is 5.01. The number of likely N-dealkylation sites (N-methyl/N-ethyl adjacent to an activating group) is 1. The molecule has 0 radical (unpaired) electrons. The second-order valence-corrected chi connectivity index (χ2v) is 4.87. The van der Waals surface area contributed by atoms with Crippen molar-refractivity contribution in [3.8, 4) is 0 Å². The summed E-state index contributed by atoms with van der Waals surface area (Å²) in [6.07, 6.45) is 0. The molecule has 1 rings (SSSR count). The van der Waals surface area contributed by atoms with Gasteiger partial charge in [0.2, 0.25) is 5.91 Å². The summed E-state index contributed by atoms with van der Waals surface area (Å²) in [5, 5.41) is 3.06. The Bertz CT molecular complexity index is 405. The third-order valence-corrected chi connectivity index (χ3v) is 3.06. The average molecular weight is 264 g/mol. The molecule has 0 saturated heterocycles. The molecule has 0 atom stereocenters. The fourth-order valence-electron chi connectivity index (χ4n) is 1.72. The van der Waals surface area contributed by atoms with Crippen LogP contribution in [0.25, 0.3) is 0 Å². The predicted molar refractivity (Wildman–Crippen MR) is 78.7 cm³/mol. The van der Waals surface area contributed by atoms with Crippen LogP contribution in [0, 0.1) is 0 Å². The van der Waals surface area contributed by atoms with Gasteiger partial charge in [-0.25, -0.2) is 0 Å². The molecule has 1 amide bonds. The van der Waals surface area contributed by atoms with Gasteiger partial charge in [0.1, 0.15) is 0 Å². The summed E-state index contributed by atoms with van der Waals surface area (Å²) in [7, 11) is 3.45. The zero-order chi connectivity index (χ0) is 14.3. The molecule has 0 aliphatic carbocycles. The van der Waals surface area contributed by atoms with Crippen molar-refractivity contribution in [1.82, 2.24) is 5.32 Å². The van der Waals surface area contributed by atoms with E-state index in [2.05, 4.69) is 31.3 Å². The van der Waals surface area contributed by atoms with Gasteiger partial charge in [0.15, 0.2) is 0 Å². The normalized spacial score (nSPS) is 10.8. The van der Waals surface area contributed by atoms with E-state index in [0.717, 1.165) is 5.69 Å². The van der Waals surface area contributed by atoms with Crippen LogP contribution in [0.1, 0.15) is 25.3 Å². The van der Waals surface area contributed by atoms with Crippen LogP contribution >= 0.6 is 0 Å². The molecule has 0 aliphatic heterocycles. The Labute approximate surface area is 115 Å². The molecule has 106 valence electrons. The number of benzene rings is 1. The second kappa shape index (κ2) is 7.92. The highest BCUT2D eigenvalue weighted by Gasteiger charge is 2.11. The smallest absolute Gasteiger partial charge is 0.240 e. The van der Waals surface area contributed by atoms with Gasteiger partial charge in [-0.2, -0.15) is 0 Å². The van der Waals surface area contributed by atoms with Crippen molar-refractivity contribution in [3.05, 3.63) is 29.8 Å². The molecule has 1 aromatic rings. The molecule has 0 spiro atoms. The number of carbonyl (C=O) groups excluding carboxylic acids is 1. The lowest BCUT2D eigenvalue weighted by Crippen LogP contribution is -2.36. The van der Waals surface area contributed by atoms with Crippen molar-refractivity contribution in [2.75, 3.05) is 38.8 Å². The molecule has 1 aromatic carbocycles. The molecular formula is C15H24N2O2. The number of methoxy groups -OCH3 is 1. The highest BCUT2D eigenvalue weighted by Crippen LogP contribution is 2.20. The summed E-state index contributed by atoms with van der Waals surface area (Å²) in [5.41, 5.74) is 2.18. The van der Waals surface area contributed by atoms with Gasteiger partial charge in [0, 0.05) is 26.4 Å². The standard InChI is InChI=1S/C15H24N2O2/c1-12(2)13-6-5-7-14(10-13)17(3)15(18)11-16-8-9-19-4/h5-7,10,12,16H,8-9,11H2,1-4H3. The van der Waals surface area contributed by atoms with Gasteiger partial charge in [-0.15, -0.1) is 0 Å². The number of nitrogens with one attached hydrogen (secondary N) is 1. The van der Waals surface area contributed by atoms with E-state index < -0.39 is 0 Å². The van der Waals surface area contributed by atoms with Crippen molar-refractivity contribution < 1.29 is 9.53 Å². The Morgan fingerprint density at radius 3 is 2.79 bits per heavy atom. The average Bonchev–Trinajstić information content (AvgIpc) is 2.42. The van der Waals surface area contributed by atoms with E-state index in [9.17, 15) is 4.79 Å². The number of amides is 1. The molecule has 4 nitrogen and oxygen atoms in total. The molecule has 0 aliphatic rings.